The van der Waals surface area contributed by atoms with Crippen molar-refractivity contribution in [2.45, 2.75) is 19.4 Å². The largest absolute Gasteiger partial charge is 0.366 e. The molecule has 0 spiro atoms. The summed E-state index contributed by atoms with van der Waals surface area (Å²) in [5, 5.41) is 18.0. The normalized spacial score (nSPS) is 23.7. The van der Waals surface area contributed by atoms with Gasteiger partial charge in [0.25, 0.3) is 0 Å². The summed E-state index contributed by atoms with van der Waals surface area (Å²) in [6, 6.07) is 12.3. The molecule has 0 amide bonds. The maximum Gasteiger partial charge on any atom is 0.0991 e. The van der Waals surface area contributed by atoms with Crippen LogP contribution in [-0.2, 0) is 0 Å². The highest BCUT2D eigenvalue weighted by Gasteiger charge is 2.26. The van der Waals surface area contributed by atoms with E-state index in [9.17, 15) is 0 Å². The van der Waals surface area contributed by atoms with E-state index in [-0.39, 0.29) is 6.04 Å². The maximum absolute atomic E-state index is 9.07. The molecule has 1 fully saturated rings. The number of nitrogens with zero attached hydrogens (tertiary/aromatic N) is 4. The van der Waals surface area contributed by atoms with Gasteiger partial charge in [-0.15, -0.1) is 0 Å². The zero-order valence-corrected chi connectivity index (χ0v) is 12.1. The first-order chi connectivity index (χ1) is 9.63. The van der Waals surface area contributed by atoms with E-state index in [0.717, 1.165) is 25.3 Å². The fourth-order valence-corrected chi connectivity index (χ4v) is 2.93. The molecule has 2 rings (SSSR count). The molecule has 0 saturated carbocycles. The smallest absolute Gasteiger partial charge is 0.0991 e. The minimum Gasteiger partial charge on any atom is -0.366 e. The summed E-state index contributed by atoms with van der Waals surface area (Å²) in [5.41, 5.74) is 1.77. The third-order valence-corrected chi connectivity index (χ3v) is 3.75. The zero-order valence-electron chi connectivity index (χ0n) is 12.1. The predicted molar refractivity (Wildman–Crippen MR) is 79.2 cm³/mol. The van der Waals surface area contributed by atoms with Crippen molar-refractivity contribution < 1.29 is 0 Å². The minimum atomic E-state index is 0.211. The van der Waals surface area contributed by atoms with Crippen molar-refractivity contribution >= 4 is 5.69 Å². The highest BCUT2D eigenvalue weighted by Crippen LogP contribution is 2.24. The Hall–Kier alpha value is -2.04. The fourth-order valence-electron chi connectivity index (χ4n) is 2.93. The first kappa shape index (κ1) is 14.4. The van der Waals surface area contributed by atoms with E-state index in [2.05, 4.69) is 35.9 Å². The second kappa shape index (κ2) is 6.41. The Kier molecular flexibility index (Phi) is 4.61. The number of rotatable bonds is 2. The Morgan fingerprint density at radius 2 is 1.85 bits per heavy atom. The van der Waals surface area contributed by atoms with Crippen molar-refractivity contribution in [3.63, 3.8) is 0 Å². The second-order valence-corrected chi connectivity index (χ2v) is 5.65. The average molecular weight is 268 g/mol. The van der Waals surface area contributed by atoms with E-state index in [4.69, 9.17) is 10.5 Å². The van der Waals surface area contributed by atoms with Crippen LogP contribution < -0.4 is 4.90 Å². The standard InChI is InChI=1S/C16H20N4/c1-13-10-19(2)12-16(7-8-17)20(11-13)15-5-3-14(9-18)4-6-15/h3-6,13,16H,7,10-12H2,1-2H3. The van der Waals surface area contributed by atoms with Gasteiger partial charge in [0.1, 0.15) is 0 Å². The SMILES string of the molecule is CC1CN(C)CC(CC#N)N(c2ccc(C#N)cc2)C1. The van der Waals surface area contributed by atoms with Crippen LogP contribution in [0.5, 0.6) is 0 Å². The van der Waals surface area contributed by atoms with Crippen LogP contribution in [0.2, 0.25) is 0 Å². The predicted octanol–water partition coefficient (Wildman–Crippen LogP) is 2.23. The molecular weight excluding hydrogens is 248 g/mol. The minimum absolute atomic E-state index is 0.211. The first-order valence-electron chi connectivity index (χ1n) is 6.96. The molecule has 4 nitrogen and oxygen atoms in total. The molecule has 2 atom stereocenters. The van der Waals surface area contributed by atoms with Gasteiger partial charge in [0.15, 0.2) is 0 Å². The molecule has 1 aliphatic rings. The number of hydrogen-bond donors (Lipinski definition) is 0. The molecule has 4 heteroatoms. The molecule has 0 aliphatic carbocycles. The van der Waals surface area contributed by atoms with E-state index in [1.54, 1.807) is 0 Å². The van der Waals surface area contributed by atoms with Gasteiger partial charge < -0.3 is 9.80 Å². The molecular formula is C16H20N4. The maximum atomic E-state index is 9.07. The van der Waals surface area contributed by atoms with E-state index >= 15 is 0 Å². The van der Waals surface area contributed by atoms with Gasteiger partial charge in [-0.05, 0) is 37.2 Å². The van der Waals surface area contributed by atoms with Gasteiger partial charge in [0.2, 0.25) is 0 Å². The Morgan fingerprint density at radius 3 is 2.45 bits per heavy atom. The molecule has 20 heavy (non-hydrogen) atoms. The molecule has 1 saturated heterocycles. The number of benzene rings is 1. The van der Waals surface area contributed by atoms with E-state index < -0.39 is 0 Å². The molecule has 1 heterocycles. The van der Waals surface area contributed by atoms with Crippen molar-refractivity contribution in [2.24, 2.45) is 5.92 Å². The van der Waals surface area contributed by atoms with Crippen LogP contribution in [0.3, 0.4) is 0 Å². The molecule has 1 aliphatic heterocycles. The van der Waals surface area contributed by atoms with Gasteiger partial charge in [0, 0.05) is 25.3 Å². The van der Waals surface area contributed by atoms with Crippen LogP contribution in [0.4, 0.5) is 5.69 Å². The van der Waals surface area contributed by atoms with Crippen LogP contribution in [0.1, 0.15) is 18.9 Å². The summed E-state index contributed by atoms with van der Waals surface area (Å²) in [5.74, 6) is 0.555. The van der Waals surface area contributed by atoms with E-state index in [1.807, 2.05) is 24.3 Å². The van der Waals surface area contributed by atoms with Crippen molar-refractivity contribution in [2.75, 3.05) is 31.6 Å². The molecule has 1 aromatic carbocycles. The lowest BCUT2D eigenvalue weighted by Gasteiger charge is -2.32. The van der Waals surface area contributed by atoms with Gasteiger partial charge in [-0.25, -0.2) is 0 Å². The third kappa shape index (κ3) is 3.29. The van der Waals surface area contributed by atoms with Crippen molar-refractivity contribution in [1.82, 2.24) is 4.90 Å². The second-order valence-electron chi connectivity index (χ2n) is 5.65. The molecule has 0 radical (unpaired) electrons. The fraction of sp³-hybridized carbons (Fsp3) is 0.500. The Balaban J connectivity index is 2.28. The molecule has 1 aromatic rings. The Bertz CT molecular complexity index is 523. The van der Waals surface area contributed by atoms with Gasteiger partial charge in [-0.3, -0.25) is 0 Å². The highest BCUT2D eigenvalue weighted by molar-refractivity contribution is 5.51. The highest BCUT2D eigenvalue weighted by atomic mass is 15.2. The Labute approximate surface area is 120 Å². The monoisotopic (exact) mass is 268 g/mol. The summed E-state index contributed by atoms with van der Waals surface area (Å²) in [4.78, 5) is 4.62. The van der Waals surface area contributed by atoms with Crippen molar-refractivity contribution in [3.05, 3.63) is 29.8 Å². The first-order valence-corrected chi connectivity index (χ1v) is 6.96. The summed E-state index contributed by atoms with van der Waals surface area (Å²) in [6.45, 7) is 5.14. The quantitative estimate of drug-likeness (QED) is 0.825. The zero-order chi connectivity index (χ0) is 14.5. The topological polar surface area (TPSA) is 54.1 Å². The summed E-state index contributed by atoms with van der Waals surface area (Å²) < 4.78 is 0. The molecule has 0 N–H and O–H groups in total. The van der Waals surface area contributed by atoms with Gasteiger partial charge in [-0.2, -0.15) is 10.5 Å². The lowest BCUT2D eigenvalue weighted by atomic mass is 10.1. The van der Waals surface area contributed by atoms with Crippen molar-refractivity contribution in [1.29, 1.82) is 10.5 Å². The number of hydrogen-bond acceptors (Lipinski definition) is 4. The van der Waals surface area contributed by atoms with Crippen LogP contribution in [0, 0.1) is 28.6 Å². The van der Waals surface area contributed by atoms with Crippen LogP contribution in [0.15, 0.2) is 24.3 Å². The number of likely N-dealkylation sites (N-methyl/N-ethyl adjacent to an activating group) is 1. The lowest BCUT2D eigenvalue weighted by Crippen LogP contribution is -2.40. The van der Waals surface area contributed by atoms with Crippen molar-refractivity contribution in [3.8, 4) is 12.1 Å². The molecule has 0 aromatic heterocycles. The van der Waals surface area contributed by atoms with Crippen LogP contribution in [-0.4, -0.2) is 37.6 Å². The number of nitriles is 2. The van der Waals surface area contributed by atoms with Gasteiger partial charge in [-0.1, -0.05) is 6.92 Å². The molecule has 0 bridgehead atoms. The molecule has 104 valence electrons. The van der Waals surface area contributed by atoms with Crippen LogP contribution in [0.25, 0.3) is 0 Å². The third-order valence-electron chi connectivity index (χ3n) is 3.75. The molecule has 2 unspecified atom stereocenters. The van der Waals surface area contributed by atoms with E-state index in [1.165, 1.54) is 0 Å². The lowest BCUT2D eigenvalue weighted by molar-refractivity contribution is 0.304. The van der Waals surface area contributed by atoms with E-state index in [0.29, 0.717) is 17.9 Å². The van der Waals surface area contributed by atoms with Gasteiger partial charge >= 0.3 is 0 Å². The summed E-state index contributed by atoms with van der Waals surface area (Å²) in [6.07, 6.45) is 0.525. The Morgan fingerprint density at radius 1 is 1.15 bits per heavy atom. The average Bonchev–Trinajstić information content (AvgIpc) is 2.57. The van der Waals surface area contributed by atoms with Crippen LogP contribution >= 0.6 is 0 Å². The van der Waals surface area contributed by atoms with Gasteiger partial charge in [0.05, 0.1) is 30.2 Å². The summed E-state index contributed by atoms with van der Waals surface area (Å²) >= 11 is 0. The number of anilines is 1. The summed E-state index contributed by atoms with van der Waals surface area (Å²) in [7, 11) is 2.11.